The Balaban J connectivity index is 2.58. The van der Waals surface area contributed by atoms with Crippen LogP contribution in [-0.2, 0) is 0 Å². The van der Waals surface area contributed by atoms with Gasteiger partial charge in [-0.3, -0.25) is 0 Å². The third-order valence-electron chi connectivity index (χ3n) is 2.34. The van der Waals surface area contributed by atoms with Crippen LogP contribution in [0.25, 0.3) is 11.1 Å². The molecule has 0 unspecified atom stereocenters. The highest BCUT2D eigenvalue weighted by Crippen LogP contribution is 2.27. The predicted molar refractivity (Wildman–Crippen MR) is 66.1 cm³/mol. The molecule has 2 aromatic rings. The van der Waals surface area contributed by atoms with Gasteiger partial charge < -0.3 is 10.8 Å². The first kappa shape index (κ1) is 11.4. The summed E-state index contributed by atoms with van der Waals surface area (Å²) in [5.74, 6) is -1.11. The predicted octanol–water partition coefficient (Wildman–Crippen LogP) is 2.68. The molecular formula is C12H9ClN2O2. The van der Waals surface area contributed by atoms with Crippen LogP contribution < -0.4 is 5.73 Å². The number of anilines is 1. The fourth-order valence-electron chi connectivity index (χ4n) is 1.51. The molecule has 0 aliphatic heterocycles. The number of benzene rings is 1. The normalized spacial score (nSPS) is 10.2. The van der Waals surface area contributed by atoms with Crippen molar-refractivity contribution in [1.82, 2.24) is 4.98 Å². The molecule has 0 aliphatic rings. The largest absolute Gasteiger partial charge is 0.478 e. The van der Waals surface area contributed by atoms with Crippen LogP contribution in [-0.4, -0.2) is 16.1 Å². The minimum atomic E-state index is -1.11. The number of carboxylic acids is 1. The summed E-state index contributed by atoms with van der Waals surface area (Å²) in [5.41, 5.74) is 7.70. The van der Waals surface area contributed by atoms with E-state index in [2.05, 4.69) is 4.98 Å². The Bertz CT molecular complexity index is 584. The standard InChI is InChI=1S/C12H9ClN2O2/c13-11-9(12(16)17)5-7(6-15-11)8-3-1-2-4-10(8)14/h1-6H,14H2,(H,16,17). The van der Waals surface area contributed by atoms with E-state index in [1.54, 1.807) is 18.2 Å². The Hall–Kier alpha value is -2.07. The average molecular weight is 249 g/mol. The number of halogens is 1. The highest BCUT2D eigenvalue weighted by atomic mass is 35.5. The molecule has 0 saturated heterocycles. The van der Waals surface area contributed by atoms with Crippen LogP contribution in [0.1, 0.15) is 10.4 Å². The molecule has 1 aromatic heterocycles. The van der Waals surface area contributed by atoms with Crippen molar-refractivity contribution in [2.24, 2.45) is 0 Å². The Labute approximate surface area is 103 Å². The van der Waals surface area contributed by atoms with Gasteiger partial charge >= 0.3 is 5.97 Å². The lowest BCUT2D eigenvalue weighted by molar-refractivity contribution is 0.0696. The van der Waals surface area contributed by atoms with Crippen molar-refractivity contribution in [1.29, 1.82) is 0 Å². The van der Waals surface area contributed by atoms with Gasteiger partial charge in [0.2, 0.25) is 0 Å². The maximum atomic E-state index is 10.9. The smallest absolute Gasteiger partial charge is 0.338 e. The summed E-state index contributed by atoms with van der Waals surface area (Å²) in [6, 6.07) is 8.63. The van der Waals surface area contributed by atoms with Crippen LogP contribution in [0.5, 0.6) is 0 Å². The van der Waals surface area contributed by atoms with E-state index in [4.69, 9.17) is 22.4 Å². The van der Waals surface area contributed by atoms with Crippen LogP contribution >= 0.6 is 11.6 Å². The third kappa shape index (κ3) is 2.21. The molecule has 4 nitrogen and oxygen atoms in total. The van der Waals surface area contributed by atoms with Crippen molar-refractivity contribution in [3.05, 3.63) is 47.2 Å². The lowest BCUT2D eigenvalue weighted by atomic mass is 10.0. The zero-order chi connectivity index (χ0) is 12.4. The van der Waals surface area contributed by atoms with Crippen molar-refractivity contribution in [3.63, 3.8) is 0 Å². The molecule has 3 N–H and O–H groups in total. The molecule has 0 radical (unpaired) electrons. The van der Waals surface area contributed by atoms with Gasteiger partial charge in [-0.05, 0) is 12.1 Å². The lowest BCUT2D eigenvalue weighted by Gasteiger charge is -2.06. The minimum Gasteiger partial charge on any atom is -0.478 e. The van der Waals surface area contributed by atoms with E-state index in [0.717, 1.165) is 5.56 Å². The highest BCUT2D eigenvalue weighted by molar-refractivity contribution is 6.32. The Morgan fingerprint density at radius 2 is 2.06 bits per heavy atom. The quantitative estimate of drug-likeness (QED) is 0.633. The molecule has 5 heteroatoms. The number of hydrogen-bond acceptors (Lipinski definition) is 3. The lowest BCUT2D eigenvalue weighted by Crippen LogP contribution is -2.00. The first-order valence-corrected chi connectivity index (χ1v) is 5.21. The second kappa shape index (κ2) is 4.43. The van der Waals surface area contributed by atoms with Crippen molar-refractivity contribution >= 4 is 23.3 Å². The summed E-state index contributed by atoms with van der Waals surface area (Å²) in [6.45, 7) is 0. The molecular weight excluding hydrogens is 240 g/mol. The third-order valence-corrected chi connectivity index (χ3v) is 2.64. The fraction of sp³-hybridized carbons (Fsp3) is 0. The number of nitrogens with two attached hydrogens (primary N) is 1. The second-order valence-corrected chi connectivity index (χ2v) is 3.81. The SMILES string of the molecule is Nc1ccccc1-c1cnc(Cl)c(C(=O)O)c1. The van der Waals surface area contributed by atoms with Crippen LogP contribution in [0.3, 0.4) is 0 Å². The molecule has 1 aromatic carbocycles. The summed E-state index contributed by atoms with van der Waals surface area (Å²) in [7, 11) is 0. The first-order valence-electron chi connectivity index (χ1n) is 4.83. The van der Waals surface area contributed by atoms with E-state index < -0.39 is 5.97 Å². The zero-order valence-corrected chi connectivity index (χ0v) is 9.48. The maximum absolute atomic E-state index is 10.9. The number of aromatic nitrogens is 1. The second-order valence-electron chi connectivity index (χ2n) is 3.45. The van der Waals surface area contributed by atoms with Gasteiger partial charge in [0.15, 0.2) is 0 Å². The van der Waals surface area contributed by atoms with Gasteiger partial charge in [-0.15, -0.1) is 0 Å². The Morgan fingerprint density at radius 3 is 2.71 bits per heavy atom. The summed E-state index contributed by atoms with van der Waals surface area (Å²) in [5, 5.41) is 8.92. The number of rotatable bonds is 2. The Kier molecular flexibility index (Phi) is 2.97. The van der Waals surface area contributed by atoms with Gasteiger partial charge in [-0.2, -0.15) is 0 Å². The van der Waals surface area contributed by atoms with Crippen molar-refractivity contribution in [2.45, 2.75) is 0 Å². The maximum Gasteiger partial charge on any atom is 0.338 e. The fourth-order valence-corrected chi connectivity index (χ4v) is 1.69. The van der Waals surface area contributed by atoms with E-state index in [1.807, 2.05) is 6.07 Å². The highest BCUT2D eigenvalue weighted by Gasteiger charge is 2.12. The molecule has 0 saturated carbocycles. The van der Waals surface area contributed by atoms with Crippen molar-refractivity contribution < 1.29 is 9.90 Å². The first-order chi connectivity index (χ1) is 8.09. The molecule has 0 bridgehead atoms. The number of nitrogen functional groups attached to an aromatic ring is 1. The molecule has 0 amide bonds. The van der Waals surface area contributed by atoms with Gasteiger partial charge in [-0.1, -0.05) is 29.8 Å². The van der Waals surface area contributed by atoms with Crippen LogP contribution in [0.15, 0.2) is 36.5 Å². The molecule has 2 rings (SSSR count). The Morgan fingerprint density at radius 1 is 1.35 bits per heavy atom. The summed E-state index contributed by atoms with van der Waals surface area (Å²) in [4.78, 5) is 14.8. The molecule has 0 atom stereocenters. The van der Waals surface area contributed by atoms with E-state index in [-0.39, 0.29) is 10.7 Å². The monoisotopic (exact) mass is 248 g/mol. The van der Waals surface area contributed by atoms with Crippen molar-refractivity contribution in [2.75, 3.05) is 5.73 Å². The van der Waals surface area contributed by atoms with E-state index in [0.29, 0.717) is 11.3 Å². The van der Waals surface area contributed by atoms with Crippen LogP contribution in [0.2, 0.25) is 5.15 Å². The molecule has 0 fully saturated rings. The summed E-state index contributed by atoms with van der Waals surface area (Å²) >= 11 is 5.70. The van der Waals surface area contributed by atoms with Crippen molar-refractivity contribution in [3.8, 4) is 11.1 Å². The van der Waals surface area contributed by atoms with Gasteiger partial charge in [-0.25, -0.2) is 9.78 Å². The molecule has 0 spiro atoms. The van der Waals surface area contributed by atoms with Gasteiger partial charge in [0.1, 0.15) is 5.15 Å². The molecule has 86 valence electrons. The molecule has 1 heterocycles. The average Bonchev–Trinajstić information content (AvgIpc) is 2.30. The topological polar surface area (TPSA) is 76.2 Å². The van der Waals surface area contributed by atoms with E-state index in [9.17, 15) is 4.79 Å². The van der Waals surface area contributed by atoms with E-state index >= 15 is 0 Å². The molecule has 0 aliphatic carbocycles. The van der Waals surface area contributed by atoms with E-state index in [1.165, 1.54) is 12.3 Å². The number of aromatic carboxylic acids is 1. The summed E-state index contributed by atoms with van der Waals surface area (Å²) in [6.07, 6.45) is 1.50. The number of carboxylic acid groups (broad SMARTS) is 1. The number of hydrogen-bond donors (Lipinski definition) is 2. The van der Waals surface area contributed by atoms with Crippen LogP contribution in [0, 0.1) is 0 Å². The summed E-state index contributed by atoms with van der Waals surface area (Å²) < 4.78 is 0. The van der Waals surface area contributed by atoms with Gasteiger partial charge in [0.25, 0.3) is 0 Å². The number of carbonyl (C=O) groups is 1. The molecule has 17 heavy (non-hydrogen) atoms. The van der Waals surface area contributed by atoms with Gasteiger partial charge in [0.05, 0.1) is 5.56 Å². The van der Waals surface area contributed by atoms with Gasteiger partial charge in [0, 0.05) is 23.0 Å². The van der Waals surface area contributed by atoms with Crippen LogP contribution in [0.4, 0.5) is 5.69 Å². The minimum absolute atomic E-state index is 0.0317. The number of nitrogens with zero attached hydrogens (tertiary/aromatic N) is 1. The number of pyridine rings is 1. The zero-order valence-electron chi connectivity index (χ0n) is 8.72. The number of para-hydroxylation sites is 1.